The van der Waals surface area contributed by atoms with Crippen LogP contribution in [0.1, 0.15) is 48.2 Å². The van der Waals surface area contributed by atoms with Crippen LogP contribution >= 0.6 is 11.3 Å². The first-order chi connectivity index (χ1) is 12.3. The number of piperidine rings is 1. The van der Waals surface area contributed by atoms with Crippen molar-refractivity contribution in [3.63, 3.8) is 0 Å². The molecule has 4 nitrogen and oxygen atoms in total. The number of alkyl halides is 3. The summed E-state index contributed by atoms with van der Waals surface area (Å²) in [6.45, 7) is 1.01. The van der Waals surface area contributed by atoms with Gasteiger partial charge >= 0.3 is 6.18 Å². The van der Waals surface area contributed by atoms with E-state index in [9.17, 15) is 22.8 Å². The van der Waals surface area contributed by atoms with E-state index in [1.807, 2.05) is 11.4 Å². The van der Waals surface area contributed by atoms with E-state index in [2.05, 4.69) is 5.32 Å². The molecule has 1 saturated carbocycles. The van der Waals surface area contributed by atoms with Gasteiger partial charge in [0.1, 0.15) is 0 Å². The first-order valence-electron chi connectivity index (χ1n) is 9.04. The molecule has 0 aromatic carbocycles. The van der Waals surface area contributed by atoms with Gasteiger partial charge in [-0.2, -0.15) is 13.2 Å². The van der Waals surface area contributed by atoms with Crippen LogP contribution in [-0.4, -0.2) is 42.0 Å². The van der Waals surface area contributed by atoms with Crippen LogP contribution in [0.5, 0.6) is 0 Å². The number of thiophene rings is 1. The van der Waals surface area contributed by atoms with Gasteiger partial charge < -0.3 is 10.2 Å². The molecule has 0 unspecified atom stereocenters. The molecule has 0 radical (unpaired) electrons. The molecule has 2 heterocycles. The Hall–Kier alpha value is -1.57. The molecule has 2 fully saturated rings. The first-order valence-corrected chi connectivity index (χ1v) is 9.92. The minimum Gasteiger partial charge on any atom is -0.353 e. The number of hydrogen-bond acceptors (Lipinski definition) is 3. The van der Waals surface area contributed by atoms with Crippen LogP contribution in [0.4, 0.5) is 13.2 Å². The lowest BCUT2D eigenvalue weighted by atomic mass is 9.85. The Balaban J connectivity index is 1.50. The maximum Gasteiger partial charge on any atom is 0.391 e. The van der Waals surface area contributed by atoms with Gasteiger partial charge in [0.25, 0.3) is 5.91 Å². The summed E-state index contributed by atoms with van der Waals surface area (Å²) in [5, 5.41) is 4.76. The van der Waals surface area contributed by atoms with Crippen LogP contribution in [0.3, 0.4) is 0 Å². The van der Waals surface area contributed by atoms with Crippen molar-refractivity contribution in [3.8, 4) is 0 Å². The fourth-order valence-electron chi connectivity index (χ4n) is 3.82. The number of amides is 2. The van der Waals surface area contributed by atoms with E-state index in [1.54, 1.807) is 11.0 Å². The van der Waals surface area contributed by atoms with E-state index in [0.717, 1.165) is 6.42 Å². The van der Waals surface area contributed by atoms with Gasteiger partial charge in [0.2, 0.25) is 5.91 Å². The summed E-state index contributed by atoms with van der Waals surface area (Å²) in [5.74, 6) is -1.72. The van der Waals surface area contributed by atoms with Gasteiger partial charge in [-0.05, 0) is 50.0 Å². The largest absolute Gasteiger partial charge is 0.391 e. The molecule has 0 spiro atoms. The van der Waals surface area contributed by atoms with Crippen LogP contribution in [0.15, 0.2) is 17.5 Å². The summed E-state index contributed by atoms with van der Waals surface area (Å²) < 4.78 is 38.2. The Morgan fingerprint density at radius 2 is 1.88 bits per heavy atom. The first kappa shape index (κ1) is 19.2. The lowest BCUT2D eigenvalue weighted by molar-refractivity contribution is -0.182. The standard InChI is InChI=1S/C18H23F3N2O2S/c19-18(20,21)13-5-7-14(8-6-13)22-16(24)12-3-1-9-23(11-12)17(25)15-4-2-10-26-15/h2,4,10,12-14H,1,3,5-9,11H2,(H,22,24)/t12-,13?,14?/m0/s1. The van der Waals surface area contributed by atoms with Crippen molar-refractivity contribution in [2.45, 2.75) is 50.7 Å². The summed E-state index contributed by atoms with van der Waals surface area (Å²) in [4.78, 5) is 27.3. The molecular weight excluding hydrogens is 365 g/mol. The highest BCUT2D eigenvalue weighted by molar-refractivity contribution is 7.12. The van der Waals surface area contributed by atoms with Crippen molar-refractivity contribution < 1.29 is 22.8 Å². The highest BCUT2D eigenvalue weighted by Gasteiger charge is 2.42. The van der Waals surface area contributed by atoms with Gasteiger partial charge in [-0.15, -0.1) is 11.3 Å². The second kappa shape index (κ2) is 7.98. The lowest BCUT2D eigenvalue weighted by Crippen LogP contribution is -2.48. The normalized spacial score (nSPS) is 27.2. The molecule has 144 valence electrons. The van der Waals surface area contributed by atoms with Gasteiger partial charge in [-0.3, -0.25) is 9.59 Å². The van der Waals surface area contributed by atoms with Gasteiger partial charge in [0.15, 0.2) is 0 Å². The molecule has 1 aliphatic carbocycles. The number of nitrogens with zero attached hydrogens (tertiary/aromatic N) is 1. The van der Waals surface area contributed by atoms with E-state index < -0.39 is 12.1 Å². The molecule has 1 aromatic heterocycles. The third-order valence-corrected chi connectivity index (χ3v) is 6.21. The predicted molar refractivity (Wildman–Crippen MR) is 92.9 cm³/mol. The van der Waals surface area contributed by atoms with Crippen molar-refractivity contribution in [1.82, 2.24) is 10.2 Å². The quantitative estimate of drug-likeness (QED) is 0.855. The number of likely N-dealkylation sites (tertiary alicyclic amines) is 1. The maximum atomic E-state index is 12.7. The van der Waals surface area contributed by atoms with Gasteiger partial charge in [-0.1, -0.05) is 6.07 Å². The highest BCUT2D eigenvalue weighted by Crippen LogP contribution is 2.37. The minimum atomic E-state index is -4.14. The topological polar surface area (TPSA) is 49.4 Å². The molecule has 1 N–H and O–H groups in total. The second-order valence-corrected chi connectivity index (χ2v) is 8.11. The summed E-state index contributed by atoms with van der Waals surface area (Å²) in [5.41, 5.74) is 0. The fourth-order valence-corrected chi connectivity index (χ4v) is 4.51. The zero-order valence-corrected chi connectivity index (χ0v) is 15.2. The van der Waals surface area contributed by atoms with Crippen molar-refractivity contribution in [1.29, 1.82) is 0 Å². The molecule has 1 aliphatic heterocycles. The van der Waals surface area contributed by atoms with Crippen LogP contribution in [0, 0.1) is 11.8 Å². The summed E-state index contributed by atoms with van der Waals surface area (Å²) in [6, 6.07) is 3.41. The van der Waals surface area contributed by atoms with Gasteiger partial charge in [0.05, 0.1) is 16.7 Å². The molecule has 26 heavy (non-hydrogen) atoms. The van der Waals surface area contributed by atoms with Crippen LogP contribution < -0.4 is 5.32 Å². The number of rotatable bonds is 3. The molecule has 0 bridgehead atoms. The number of carbonyl (C=O) groups excluding carboxylic acids is 2. The SMILES string of the molecule is O=C(NC1CCC(C(F)(F)F)CC1)[C@H]1CCCN(C(=O)c2cccs2)C1. The monoisotopic (exact) mass is 388 g/mol. The third kappa shape index (κ3) is 4.58. The third-order valence-electron chi connectivity index (χ3n) is 5.35. The average molecular weight is 388 g/mol. The predicted octanol–water partition coefficient (Wildman–Crippen LogP) is 3.84. The van der Waals surface area contributed by atoms with Gasteiger partial charge in [-0.25, -0.2) is 0 Å². The Kier molecular flexibility index (Phi) is 5.89. The number of carbonyl (C=O) groups is 2. The number of hydrogen-bond donors (Lipinski definition) is 1. The van der Waals surface area contributed by atoms with E-state index in [0.29, 0.717) is 37.2 Å². The fraction of sp³-hybridized carbons (Fsp3) is 0.667. The summed E-state index contributed by atoms with van der Waals surface area (Å²) in [7, 11) is 0. The Labute approximate surface area is 154 Å². The Morgan fingerprint density at radius 3 is 2.50 bits per heavy atom. The zero-order valence-electron chi connectivity index (χ0n) is 14.4. The molecule has 1 saturated heterocycles. The lowest BCUT2D eigenvalue weighted by Gasteiger charge is -2.34. The average Bonchev–Trinajstić information content (AvgIpc) is 3.15. The van der Waals surface area contributed by atoms with E-state index in [-0.39, 0.29) is 36.6 Å². The van der Waals surface area contributed by atoms with Gasteiger partial charge in [0, 0.05) is 19.1 Å². The second-order valence-electron chi connectivity index (χ2n) is 7.17. The minimum absolute atomic E-state index is 0.0526. The molecule has 1 atom stereocenters. The Bertz CT molecular complexity index is 625. The Morgan fingerprint density at radius 1 is 1.15 bits per heavy atom. The zero-order chi connectivity index (χ0) is 18.7. The summed E-state index contributed by atoms with van der Waals surface area (Å²) in [6.07, 6.45) is -1.81. The van der Waals surface area contributed by atoms with Crippen LogP contribution in [0.25, 0.3) is 0 Å². The molecule has 8 heteroatoms. The molecule has 1 aromatic rings. The van der Waals surface area contributed by atoms with Crippen molar-refractivity contribution in [3.05, 3.63) is 22.4 Å². The molecule has 2 aliphatic rings. The van der Waals surface area contributed by atoms with Crippen molar-refractivity contribution in [2.75, 3.05) is 13.1 Å². The van der Waals surface area contributed by atoms with Crippen molar-refractivity contribution in [2.24, 2.45) is 11.8 Å². The maximum absolute atomic E-state index is 12.7. The van der Waals surface area contributed by atoms with E-state index in [1.165, 1.54) is 11.3 Å². The van der Waals surface area contributed by atoms with Crippen LogP contribution in [0.2, 0.25) is 0 Å². The van der Waals surface area contributed by atoms with E-state index in [4.69, 9.17) is 0 Å². The molecule has 2 amide bonds. The smallest absolute Gasteiger partial charge is 0.353 e. The number of halogens is 3. The molecule has 3 rings (SSSR count). The molecular formula is C18H23F3N2O2S. The van der Waals surface area contributed by atoms with Crippen LogP contribution in [-0.2, 0) is 4.79 Å². The highest BCUT2D eigenvalue weighted by atomic mass is 32.1. The summed E-state index contributed by atoms with van der Waals surface area (Å²) >= 11 is 1.38. The van der Waals surface area contributed by atoms with E-state index >= 15 is 0 Å². The number of nitrogens with one attached hydrogen (secondary N) is 1. The van der Waals surface area contributed by atoms with Crippen molar-refractivity contribution >= 4 is 23.2 Å².